The van der Waals surface area contributed by atoms with Crippen molar-refractivity contribution in [3.63, 3.8) is 0 Å². The van der Waals surface area contributed by atoms with Gasteiger partial charge in [0.15, 0.2) is 0 Å². The quantitative estimate of drug-likeness (QED) is 0.0466. The van der Waals surface area contributed by atoms with Crippen molar-refractivity contribution >= 4 is 35.0 Å². The van der Waals surface area contributed by atoms with E-state index in [0.717, 1.165) is 43.5 Å². The minimum Gasteiger partial charge on any atom is -0.252 e. The van der Waals surface area contributed by atoms with E-state index in [1.807, 2.05) is 0 Å². The average molecular weight is 1240 g/mol. The van der Waals surface area contributed by atoms with E-state index in [2.05, 4.69) is 101 Å². The van der Waals surface area contributed by atoms with E-state index >= 15 is 0 Å². The number of allylic oxidation sites excluding steroid dienone is 2. The molecular weight excluding hydrogens is 1080 g/mol. The van der Waals surface area contributed by atoms with Crippen LogP contribution >= 0.6 is 0 Å². The summed E-state index contributed by atoms with van der Waals surface area (Å²) in [6, 6.07) is 18.0. The van der Waals surface area contributed by atoms with Gasteiger partial charge in [-0.25, -0.2) is 0 Å². The summed E-state index contributed by atoms with van der Waals surface area (Å²) in [5, 5.41) is 0. The van der Waals surface area contributed by atoms with Crippen LogP contribution in [0.1, 0.15) is 463 Å². The van der Waals surface area contributed by atoms with Gasteiger partial charge in [-0.1, -0.05) is 449 Å². The topological polar surface area (TPSA) is 24.7 Å². The molecule has 0 bridgehead atoms. The Kier molecular flexibility index (Phi) is 64.0. The van der Waals surface area contributed by atoms with Crippen LogP contribution in [0.4, 0.5) is 11.4 Å². The summed E-state index contributed by atoms with van der Waals surface area (Å²) in [6.45, 7) is 9.25. The van der Waals surface area contributed by atoms with Crippen LogP contribution < -0.4 is 0 Å². The average Bonchev–Trinajstić information content (AvgIpc) is 3.75. The summed E-state index contributed by atoms with van der Waals surface area (Å²) in [4.78, 5) is 11.0. The molecule has 90 heavy (non-hydrogen) atoms. The minimum atomic E-state index is 0.978. The van der Waals surface area contributed by atoms with Crippen molar-refractivity contribution in [3.8, 4) is 0 Å². The molecule has 2 nitrogen and oxygen atoms in total. The molecule has 0 saturated heterocycles. The maximum Gasteiger partial charge on any atom is 0.0639 e. The summed E-state index contributed by atoms with van der Waals surface area (Å²) in [6.07, 6.45) is 102. The van der Waals surface area contributed by atoms with Crippen LogP contribution in [0.15, 0.2) is 70.7 Å². The van der Waals surface area contributed by atoms with Crippen molar-refractivity contribution in [2.45, 2.75) is 451 Å². The first-order valence-electron chi connectivity index (χ1n) is 41.4. The van der Waals surface area contributed by atoms with Crippen molar-refractivity contribution in [1.29, 1.82) is 0 Å². The smallest absolute Gasteiger partial charge is 0.0639 e. The van der Waals surface area contributed by atoms with E-state index in [1.165, 1.54) is 414 Å². The van der Waals surface area contributed by atoms with E-state index in [0.29, 0.717) is 0 Å². The summed E-state index contributed by atoms with van der Waals surface area (Å²) < 4.78 is 0. The summed E-state index contributed by atoms with van der Waals surface area (Å²) >= 11 is 0. The van der Waals surface area contributed by atoms with Crippen LogP contribution in [0.5, 0.6) is 0 Å². The lowest BCUT2D eigenvalue weighted by atomic mass is 10.0. The fourth-order valence-electron chi connectivity index (χ4n) is 13.6. The Morgan fingerprint density at radius 1 is 0.233 bits per heavy atom. The zero-order valence-electron chi connectivity index (χ0n) is 61.5. The highest BCUT2D eigenvalue weighted by molar-refractivity contribution is 6.43. The molecule has 0 spiro atoms. The normalized spacial score (nSPS) is 12.3. The molecule has 2 aromatic rings. The second-order valence-corrected chi connectivity index (χ2v) is 28.7. The third kappa shape index (κ3) is 56.8. The van der Waals surface area contributed by atoms with Crippen molar-refractivity contribution in [2.75, 3.05) is 0 Å². The molecule has 0 amide bonds. The molecule has 518 valence electrons. The Balaban J connectivity index is 1.71. The van der Waals surface area contributed by atoms with Crippen LogP contribution in [0.25, 0.3) is 12.2 Å². The van der Waals surface area contributed by atoms with Gasteiger partial charge in [-0.05, 0) is 86.8 Å². The molecule has 0 heterocycles. The van der Waals surface area contributed by atoms with Gasteiger partial charge in [-0.3, -0.25) is 9.98 Å². The molecule has 2 rings (SSSR count). The Labute approximate surface area is 565 Å². The minimum absolute atomic E-state index is 0.978. The number of unbranched alkanes of at least 4 members (excludes halogenated alkanes) is 60. The van der Waals surface area contributed by atoms with Crippen LogP contribution in [0, 0.1) is 0 Å². The zero-order chi connectivity index (χ0) is 64.0. The highest BCUT2D eigenvalue weighted by Crippen LogP contribution is 2.25. The van der Waals surface area contributed by atoms with Gasteiger partial charge in [0.05, 0.1) is 22.8 Å². The molecule has 0 unspecified atom stereocenters. The predicted octanol–water partition coefficient (Wildman–Crippen LogP) is 32.4. The van der Waals surface area contributed by atoms with Crippen molar-refractivity contribution in [1.82, 2.24) is 0 Å². The Hall–Kier alpha value is -2.74. The number of nitrogens with zero attached hydrogens (tertiary/aromatic N) is 2. The lowest BCUT2D eigenvalue weighted by Crippen LogP contribution is -2.14. The first kappa shape index (κ1) is 83.4. The van der Waals surface area contributed by atoms with Crippen molar-refractivity contribution in [2.24, 2.45) is 9.98 Å². The first-order valence-corrected chi connectivity index (χ1v) is 41.4. The van der Waals surface area contributed by atoms with E-state index in [9.17, 15) is 0 Å². The molecule has 0 radical (unpaired) electrons. The van der Waals surface area contributed by atoms with Crippen LogP contribution in [-0.2, 0) is 0 Å². The molecule has 0 aromatic heterocycles. The Bertz CT molecular complexity index is 1880. The second kappa shape index (κ2) is 69.1. The Morgan fingerprint density at radius 3 is 0.667 bits per heavy atom. The Morgan fingerprint density at radius 2 is 0.433 bits per heavy atom. The van der Waals surface area contributed by atoms with E-state index < -0.39 is 0 Å². The second-order valence-electron chi connectivity index (χ2n) is 28.7. The lowest BCUT2D eigenvalue weighted by Gasteiger charge is -2.12. The van der Waals surface area contributed by atoms with Gasteiger partial charge >= 0.3 is 0 Å². The van der Waals surface area contributed by atoms with E-state index in [1.54, 1.807) is 0 Å². The summed E-state index contributed by atoms with van der Waals surface area (Å²) in [5.74, 6) is 0. The summed E-state index contributed by atoms with van der Waals surface area (Å²) in [5.41, 5.74) is 7.06. The third-order valence-electron chi connectivity index (χ3n) is 19.7. The SMILES string of the molecule is CCCCCCCCCCCCCCCCCCCCCCCCCCCC=Cc1cccc(N=C(CCCC)C(CCCCCCCCCCCC)=Nc2cccc(C=CCCCCCCCCCCCCCCCCCCCCCCCCCCC)c2)c1. The maximum absolute atomic E-state index is 5.49. The van der Waals surface area contributed by atoms with Gasteiger partial charge in [0.25, 0.3) is 0 Å². The number of hydrogen-bond donors (Lipinski definition) is 0. The van der Waals surface area contributed by atoms with E-state index in [-0.39, 0.29) is 0 Å². The molecule has 0 saturated carbocycles. The molecule has 2 aromatic carbocycles. The fourth-order valence-corrected chi connectivity index (χ4v) is 13.6. The molecule has 0 aliphatic carbocycles. The van der Waals surface area contributed by atoms with Gasteiger partial charge in [-0.2, -0.15) is 0 Å². The number of benzene rings is 2. The van der Waals surface area contributed by atoms with Gasteiger partial charge in [0.2, 0.25) is 0 Å². The standard InChI is InChI=1S/C88H156N2/c1-5-9-13-16-19-22-25-27-29-31-33-35-37-39-41-43-45-47-49-51-53-55-57-59-62-65-68-73-83-75-71-77-85(81-83)89-87(79-12-8-4)88(80-70-67-64-61-24-21-18-15-11-7-3)90-86-78-72-76-84(82-86)74-69-66-63-60-58-56-54-52-50-48-46-44-42-40-38-36-34-32-30-28-26-23-20-17-14-10-6-2/h68-69,71-78,81-82H,5-67,70,79-80H2,1-4H3. The monoisotopic (exact) mass is 1240 g/mol. The molecule has 0 aliphatic heterocycles. The molecule has 2 heteroatoms. The highest BCUT2D eigenvalue weighted by atomic mass is 14.8. The predicted molar refractivity (Wildman–Crippen MR) is 413 cm³/mol. The summed E-state index contributed by atoms with van der Waals surface area (Å²) in [7, 11) is 0. The lowest BCUT2D eigenvalue weighted by molar-refractivity contribution is 0.516. The van der Waals surface area contributed by atoms with Gasteiger partial charge < -0.3 is 0 Å². The van der Waals surface area contributed by atoms with Gasteiger partial charge in [0.1, 0.15) is 0 Å². The molecule has 0 atom stereocenters. The zero-order valence-corrected chi connectivity index (χ0v) is 61.5. The molecular formula is C88H156N2. The largest absolute Gasteiger partial charge is 0.252 e. The van der Waals surface area contributed by atoms with Gasteiger partial charge in [0, 0.05) is 0 Å². The van der Waals surface area contributed by atoms with E-state index in [4.69, 9.17) is 9.98 Å². The van der Waals surface area contributed by atoms with Gasteiger partial charge in [-0.15, -0.1) is 0 Å². The van der Waals surface area contributed by atoms with Crippen molar-refractivity contribution < 1.29 is 0 Å². The number of rotatable bonds is 71. The first-order chi connectivity index (χ1) is 44.7. The van der Waals surface area contributed by atoms with Crippen LogP contribution in [0.3, 0.4) is 0 Å². The van der Waals surface area contributed by atoms with Crippen molar-refractivity contribution in [3.05, 3.63) is 71.8 Å². The maximum atomic E-state index is 5.49. The van der Waals surface area contributed by atoms with Crippen LogP contribution in [0.2, 0.25) is 0 Å². The third-order valence-corrected chi connectivity index (χ3v) is 19.7. The molecule has 0 fully saturated rings. The number of hydrogen-bond acceptors (Lipinski definition) is 2. The molecule has 0 N–H and O–H groups in total. The number of aliphatic imine (C=N–C) groups is 2. The molecule has 0 aliphatic rings. The fraction of sp³-hybridized carbons (Fsp3) is 0.795. The highest BCUT2D eigenvalue weighted by Gasteiger charge is 2.12. The van der Waals surface area contributed by atoms with Crippen LogP contribution in [-0.4, -0.2) is 11.4 Å².